The lowest BCUT2D eigenvalue weighted by Crippen LogP contribution is -2.19. The number of nitrogens with zero attached hydrogens (tertiary/aromatic N) is 2. The molecule has 1 fully saturated rings. The third kappa shape index (κ3) is 6.69. The summed E-state index contributed by atoms with van der Waals surface area (Å²) in [7, 11) is 1.24. The van der Waals surface area contributed by atoms with Crippen LogP contribution in [0.5, 0.6) is 11.5 Å². The largest absolute Gasteiger partial charge is 0.490 e. The lowest BCUT2D eigenvalue weighted by atomic mass is 10.2. The topological polar surface area (TPSA) is 98.6 Å². The molecule has 1 heterocycles. The van der Waals surface area contributed by atoms with Crippen molar-refractivity contribution >= 4 is 51.0 Å². The highest BCUT2D eigenvalue weighted by atomic mass is 79.9. The average molecular weight is 518 g/mol. The number of ether oxygens (including phenoxy) is 3. The first-order valence-corrected chi connectivity index (χ1v) is 11.1. The van der Waals surface area contributed by atoms with Crippen molar-refractivity contribution in [1.82, 2.24) is 5.32 Å². The molecule has 1 aliphatic heterocycles. The maximum atomic E-state index is 11.8. The predicted molar refractivity (Wildman–Crippen MR) is 127 cm³/mol. The highest BCUT2D eigenvalue weighted by Gasteiger charge is 2.25. The number of amidine groups is 1. The Morgan fingerprint density at radius 1 is 1.19 bits per heavy atom. The number of hydrogen-bond acceptors (Lipinski definition) is 8. The van der Waals surface area contributed by atoms with Crippen LogP contribution in [0.3, 0.4) is 0 Å². The van der Waals surface area contributed by atoms with E-state index >= 15 is 0 Å². The van der Waals surface area contributed by atoms with E-state index in [2.05, 4.69) is 36.2 Å². The van der Waals surface area contributed by atoms with E-state index in [-0.39, 0.29) is 10.1 Å². The van der Waals surface area contributed by atoms with Gasteiger partial charge < -0.3 is 14.2 Å². The van der Waals surface area contributed by atoms with Gasteiger partial charge in [-0.05, 0) is 60.1 Å². The molecule has 1 amide bonds. The van der Waals surface area contributed by atoms with Crippen LogP contribution in [0.4, 0.5) is 0 Å². The van der Waals surface area contributed by atoms with Crippen molar-refractivity contribution in [2.75, 3.05) is 13.7 Å². The van der Waals surface area contributed by atoms with Gasteiger partial charge in [0.2, 0.25) is 0 Å². The SMILES string of the molecule is CCOc1cc(C=N/N=C2/NC(=O)/C(=C\C(=O)OC)S2)ccc1OCc1cccc(Br)c1. The highest BCUT2D eigenvalue weighted by Crippen LogP contribution is 2.29. The first-order chi connectivity index (χ1) is 15.5. The fourth-order valence-corrected chi connectivity index (χ4v) is 3.75. The zero-order valence-corrected chi connectivity index (χ0v) is 19.7. The van der Waals surface area contributed by atoms with Crippen LogP contribution >= 0.6 is 27.7 Å². The fourth-order valence-electron chi connectivity index (χ4n) is 2.57. The number of hydrogen-bond donors (Lipinski definition) is 1. The van der Waals surface area contributed by atoms with E-state index in [1.54, 1.807) is 12.1 Å². The van der Waals surface area contributed by atoms with Crippen molar-refractivity contribution in [2.45, 2.75) is 13.5 Å². The molecule has 10 heteroatoms. The summed E-state index contributed by atoms with van der Waals surface area (Å²) < 4.78 is 17.1. The van der Waals surface area contributed by atoms with Gasteiger partial charge in [-0.2, -0.15) is 5.10 Å². The van der Waals surface area contributed by atoms with Crippen molar-refractivity contribution in [3.63, 3.8) is 0 Å². The number of carbonyl (C=O) groups is 2. The molecule has 8 nitrogen and oxygen atoms in total. The van der Waals surface area contributed by atoms with Gasteiger partial charge in [-0.1, -0.05) is 28.1 Å². The summed E-state index contributed by atoms with van der Waals surface area (Å²) >= 11 is 4.46. The number of amides is 1. The summed E-state index contributed by atoms with van der Waals surface area (Å²) in [5.74, 6) is 0.162. The number of esters is 1. The zero-order chi connectivity index (χ0) is 22.9. The smallest absolute Gasteiger partial charge is 0.331 e. The summed E-state index contributed by atoms with van der Waals surface area (Å²) in [6.45, 7) is 2.78. The van der Waals surface area contributed by atoms with Gasteiger partial charge in [0.25, 0.3) is 5.91 Å². The number of methoxy groups -OCH3 is 1. The lowest BCUT2D eigenvalue weighted by Gasteiger charge is -2.12. The number of halogens is 1. The molecular weight excluding hydrogens is 498 g/mol. The summed E-state index contributed by atoms with van der Waals surface area (Å²) in [4.78, 5) is 23.3. The molecule has 0 unspecified atom stereocenters. The van der Waals surface area contributed by atoms with Gasteiger partial charge in [0.05, 0.1) is 24.8 Å². The normalized spacial score (nSPS) is 15.9. The molecule has 0 saturated carbocycles. The van der Waals surface area contributed by atoms with Gasteiger partial charge in [-0.3, -0.25) is 10.1 Å². The van der Waals surface area contributed by atoms with Gasteiger partial charge in [-0.15, -0.1) is 5.10 Å². The third-order valence-electron chi connectivity index (χ3n) is 4.01. The molecule has 0 aliphatic carbocycles. The van der Waals surface area contributed by atoms with E-state index in [0.717, 1.165) is 33.4 Å². The molecule has 0 atom stereocenters. The standard InChI is InChI=1S/C22H20BrN3O5S/c1-3-30-18-10-14(7-8-17(18)31-13-15-5-4-6-16(23)9-15)12-24-26-22-25-21(28)19(32-22)11-20(27)29-2/h4-12H,3,13H2,1-2H3,(H,25,26,28)/b19-11+,24-12?. The minimum absolute atomic E-state index is 0.191. The van der Waals surface area contributed by atoms with E-state index < -0.39 is 11.9 Å². The van der Waals surface area contributed by atoms with E-state index in [1.807, 2.05) is 37.3 Å². The number of benzene rings is 2. The van der Waals surface area contributed by atoms with Crippen LogP contribution in [0.2, 0.25) is 0 Å². The van der Waals surface area contributed by atoms with Gasteiger partial charge >= 0.3 is 5.97 Å². The Hall–Kier alpha value is -3.11. The summed E-state index contributed by atoms with van der Waals surface area (Å²) in [5.41, 5.74) is 1.77. The zero-order valence-electron chi connectivity index (χ0n) is 17.3. The summed E-state index contributed by atoms with van der Waals surface area (Å²) in [6, 6.07) is 13.3. The molecule has 2 aromatic carbocycles. The Balaban J connectivity index is 1.68. The van der Waals surface area contributed by atoms with Crippen molar-refractivity contribution in [3.8, 4) is 11.5 Å². The van der Waals surface area contributed by atoms with E-state index in [4.69, 9.17) is 9.47 Å². The van der Waals surface area contributed by atoms with Crippen LogP contribution < -0.4 is 14.8 Å². The number of carbonyl (C=O) groups excluding carboxylic acids is 2. The molecule has 0 spiro atoms. The quantitative estimate of drug-likeness (QED) is 0.245. The van der Waals surface area contributed by atoms with Crippen molar-refractivity contribution in [3.05, 3.63) is 69.0 Å². The Kier molecular flexibility index (Phi) is 8.46. The van der Waals surface area contributed by atoms with Gasteiger partial charge in [-0.25, -0.2) is 4.79 Å². The molecule has 166 valence electrons. The van der Waals surface area contributed by atoms with Crippen molar-refractivity contribution < 1.29 is 23.8 Å². The van der Waals surface area contributed by atoms with Gasteiger partial charge in [0.1, 0.15) is 6.61 Å². The molecule has 0 radical (unpaired) electrons. The van der Waals surface area contributed by atoms with Crippen LogP contribution in [-0.2, 0) is 20.9 Å². The van der Waals surface area contributed by atoms with E-state index in [0.29, 0.717) is 24.7 Å². The molecule has 1 saturated heterocycles. The summed E-state index contributed by atoms with van der Waals surface area (Å²) in [5, 5.41) is 10.8. The highest BCUT2D eigenvalue weighted by molar-refractivity contribution is 9.10. The monoisotopic (exact) mass is 517 g/mol. The van der Waals surface area contributed by atoms with Gasteiger partial charge in [0.15, 0.2) is 16.7 Å². The van der Waals surface area contributed by atoms with Crippen LogP contribution in [0.15, 0.2) is 68.1 Å². The lowest BCUT2D eigenvalue weighted by molar-refractivity contribution is -0.135. The number of rotatable bonds is 8. The Morgan fingerprint density at radius 2 is 2.03 bits per heavy atom. The predicted octanol–water partition coefficient (Wildman–Crippen LogP) is 4.04. The van der Waals surface area contributed by atoms with E-state index in [1.165, 1.54) is 13.3 Å². The average Bonchev–Trinajstić information content (AvgIpc) is 3.12. The van der Waals surface area contributed by atoms with Crippen LogP contribution in [0, 0.1) is 0 Å². The summed E-state index contributed by atoms with van der Waals surface area (Å²) in [6.07, 6.45) is 2.63. The molecule has 0 bridgehead atoms. The first-order valence-electron chi connectivity index (χ1n) is 9.52. The Labute approximate surface area is 197 Å². The fraction of sp³-hybridized carbons (Fsp3) is 0.182. The number of nitrogens with one attached hydrogen (secondary N) is 1. The maximum Gasteiger partial charge on any atom is 0.331 e. The molecule has 0 aromatic heterocycles. The molecule has 32 heavy (non-hydrogen) atoms. The molecule has 1 aliphatic rings. The third-order valence-corrected chi connectivity index (χ3v) is 5.40. The minimum atomic E-state index is -0.613. The number of thioether (sulfide) groups is 1. The van der Waals surface area contributed by atoms with Crippen LogP contribution in [-0.4, -0.2) is 37.0 Å². The van der Waals surface area contributed by atoms with Crippen molar-refractivity contribution in [2.24, 2.45) is 10.2 Å². The van der Waals surface area contributed by atoms with Gasteiger partial charge in [0, 0.05) is 10.5 Å². The second-order valence-corrected chi connectivity index (χ2v) is 8.24. The van der Waals surface area contributed by atoms with Crippen LogP contribution in [0.1, 0.15) is 18.1 Å². The molecule has 1 N–H and O–H groups in total. The first kappa shape index (κ1) is 23.6. The van der Waals surface area contributed by atoms with Crippen LogP contribution in [0.25, 0.3) is 0 Å². The molecule has 2 aromatic rings. The Bertz CT molecular complexity index is 1100. The second-order valence-electron chi connectivity index (χ2n) is 6.30. The Morgan fingerprint density at radius 3 is 2.78 bits per heavy atom. The van der Waals surface area contributed by atoms with Crippen molar-refractivity contribution in [1.29, 1.82) is 0 Å². The second kappa shape index (κ2) is 11.5. The molecular formula is C22H20BrN3O5S. The van der Waals surface area contributed by atoms with E-state index in [9.17, 15) is 9.59 Å². The minimum Gasteiger partial charge on any atom is -0.490 e. The molecule has 3 rings (SSSR count). The maximum absolute atomic E-state index is 11.8.